The van der Waals surface area contributed by atoms with E-state index in [-0.39, 0.29) is 5.56 Å². The number of aromatic amines is 1. The highest BCUT2D eigenvalue weighted by atomic mass is 127. The number of aryl methyl sites for hydroxylation is 1. The SMILES string of the molecule is CCCc1nc(-c2ccc(Cl)cc2Cl)[nH]c(=O)c1I. The first-order valence-corrected chi connectivity index (χ1v) is 7.60. The Morgan fingerprint density at radius 3 is 2.74 bits per heavy atom. The zero-order chi connectivity index (χ0) is 14.0. The van der Waals surface area contributed by atoms with E-state index < -0.39 is 0 Å². The van der Waals surface area contributed by atoms with Crippen molar-refractivity contribution in [2.45, 2.75) is 19.8 Å². The zero-order valence-corrected chi connectivity index (χ0v) is 13.8. The molecule has 0 aliphatic rings. The quantitative estimate of drug-likeness (QED) is 0.769. The van der Waals surface area contributed by atoms with Crippen LogP contribution in [-0.2, 0) is 6.42 Å². The number of hydrogen-bond acceptors (Lipinski definition) is 2. The van der Waals surface area contributed by atoms with E-state index in [4.69, 9.17) is 23.2 Å². The van der Waals surface area contributed by atoms with E-state index >= 15 is 0 Å². The van der Waals surface area contributed by atoms with Crippen molar-refractivity contribution in [3.05, 3.63) is 47.9 Å². The van der Waals surface area contributed by atoms with Gasteiger partial charge in [0.2, 0.25) is 0 Å². The molecule has 2 aromatic rings. The van der Waals surface area contributed by atoms with Gasteiger partial charge in [-0.25, -0.2) is 4.98 Å². The van der Waals surface area contributed by atoms with Crippen molar-refractivity contribution < 1.29 is 0 Å². The molecule has 0 spiro atoms. The summed E-state index contributed by atoms with van der Waals surface area (Å²) in [5, 5.41) is 1.02. The summed E-state index contributed by atoms with van der Waals surface area (Å²) in [6, 6.07) is 5.11. The second-order valence-corrected chi connectivity index (χ2v) is 5.97. The molecule has 1 heterocycles. The van der Waals surface area contributed by atoms with Gasteiger partial charge in [-0.2, -0.15) is 0 Å². The molecule has 6 heteroatoms. The average molecular weight is 409 g/mol. The van der Waals surface area contributed by atoms with Crippen molar-refractivity contribution in [3.8, 4) is 11.4 Å². The number of hydrogen-bond donors (Lipinski definition) is 1. The van der Waals surface area contributed by atoms with Crippen molar-refractivity contribution >= 4 is 45.8 Å². The largest absolute Gasteiger partial charge is 0.306 e. The first kappa shape index (κ1) is 14.8. The molecule has 1 aromatic carbocycles. The standard InChI is InChI=1S/C13H11Cl2IN2O/c1-2-3-10-11(16)13(19)18-12(17-10)8-5-4-7(14)6-9(8)15/h4-6H,2-3H2,1H3,(H,17,18,19). The Hall–Kier alpha value is -0.590. The summed E-state index contributed by atoms with van der Waals surface area (Å²) in [7, 11) is 0. The number of benzene rings is 1. The van der Waals surface area contributed by atoms with Crippen LogP contribution in [0.3, 0.4) is 0 Å². The summed E-state index contributed by atoms with van der Waals surface area (Å²) in [6.07, 6.45) is 1.70. The maximum absolute atomic E-state index is 11.9. The van der Waals surface area contributed by atoms with Gasteiger partial charge in [-0.1, -0.05) is 36.5 Å². The smallest absolute Gasteiger partial charge is 0.264 e. The highest BCUT2D eigenvalue weighted by Crippen LogP contribution is 2.28. The van der Waals surface area contributed by atoms with Crippen LogP contribution >= 0.6 is 45.8 Å². The highest BCUT2D eigenvalue weighted by Gasteiger charge is 2.12. The number of rotatable bonds is 3. The van der Waals surface area contributed by atoms with Crippen LogP contribution in [0.5, 0.6) is 0 Å². The molecule has 2 rings (SSSR count). The predicted molar refractivity (Wildman–Crippen MR) is 87.0 cm³/mol. The number of halogens is 3. The van der Waals surface area contributed by atoms with Gasteiger partial charge < -0.3 is 4.98 Å². The van der Waals surface area contributed by atoms with Crippen LogP contribution in [0.2, 0.25) is 10.0 Å². The molecule has 0 amide bonds. The third-order valence-electron chi connectivity index (χ3n) is 2.60. The van der Waals surface area contributed by atoms with Gasteiger partial charge in [0.15, 0.2) is 0 Å². The number of nitrogens with zero attached hydrogens (tertiary/aromatic N) is 1. The molecule has 0 aliphatic heterocycles. The predicted octanol–water partition coefficient (Wildman–Crippen LogP) is 4.30. The Balaban J connectivity index is 2.59. The van der Waals surface area contributed by atoms with Crippen LogP contribution < -0.4 is 5.56 Å². The third kappa shape index (κ3) is 3.30. The monoisotopic (exact) mass is 408 g/mol. The Morgan fingerprint density at radius 2 is 2.11 bits per heavy atom. The minimum atomic E-state index is -0.139. The van der Waals surface area contributed by atoms with Crippen LogP contribution in [0.15, 0.2) is 23.0 Å². The van der Waals surface area contributed by atoms with Gasteiger partial charge in [0, 0.05) is 10.6 Å². The summed E-state index contributed by atoms with van der Waals surface area (Å²) in [5.74, 6) is 0.482. The topological polar surface area (TPSA) is 45.8 Å². The molecule has 3 nitrogen and oxygen atoms in total. The van der Waals surface area contributed by atoms with Gasteiger partial charge in [0.1, 0.15) is 5.82 Å². The molecule has 0 saturated heterocycles. The van der Waals surface area contributed by atoms with Gasteiger partial charge in [0.05, 0.1) is 14.3 Å². The second-order valence-electron chi connectivity index (χ2n) is 4.05. The van der Waals surface area contributed by atoms with E-state index in [1.54, 1.807) is 18.2 Å². The summed E-state index contributed by atoms with van der Waals surface area (Å²) in [6.45, 7) is 2.05. The highest BCUT2D eigenvalue weighted by molar-refractivity contribution is 14.1. The fraction of sp³-hybridized carbons (Fsp3) is 0.231. The van der Waals surface area contributed by atoms with Gasteiger partial charge in [-0.3, -0.25) is 4.79 Å². The van der Waals surface area contributed by atoms with E-state index in [9.17, 15) is 4.79 Å². The van der Waals surface area contributed by atoms with Crippen molar-refractivity contribution in [3.63, 3.8) is 0 Å². The van der Waals surface area contributed by atoms with Crippen LogP contribution in [0.25, 0.3) is 11.4 Å². The van der Waals surface area contributed by atoms with Crippen LogP contribution in [0, 0.1) is 3.57 Å². The molecule has 0 unspecified atom stereocenters. The zero-order valence-electron chi connectivity index (χ0n) is 10.1. The maximum Gasteiger partial charge on any atom is 0.264 e. The molecule has 0 radical (unpaired) electrons. The molecule has 1 aromatic heterocycles. The van der Waals surface area contributed by atoms with E-state index in [1.807, 2.05) is 29.5 Å². The van der Waals surface area contributed by atoms with E-state index in [0.717, 1.165) is 18.5 Å². The molecule has 1 N–H and O–H groups in total. The van der Waals surface area contributed by atoms with Crippen molar-refractivity contribution in [2.75, 3.05) is 0 Å². The van der Waals surface area contributed by atoms with Gasteiger partial charge in [-0.15, -0.1) is 0 Å². The molecular weight excluding hydrogens is 398 g/mol. The Bertz CT molecular complexity index is 670. The summed E-state index contributed by atoms with van der Waals surface area (Å²) in [4.78, 5) is 19.2. The lowest BCUT2D eigenvalue weighted by molar-refractivity contribution is 0.860. The lowest BCUT2D eigenvalue weighted by Gasteiger charge is -2.07. The average Bonchev–Trinajstić information content (AvgIpc) is 2.35. The molecule has 0 atom stereocenters. The normalized spacial score (nSPS) is 10.7. The van der Waals surface area contributed by atoms with Gasteiger partial charge in [0.25, 0.3) is 5.56 Å². The Labute approximate surface area is 134 Å². The molecule has 0 bridgehead atoms. The number of H-pyrrole nitrogens is 1. The minimum Gasteiger partial charge on any atom is -0.306 e. The van der Waals surface area contributed by atoms with Crippen molar-refractivity contribution in [2.24, 2.45) is 0 Å². The van der Waals surface area contributed by atoms with E-state index in [1.165, 1.54) is 0 Å². The first-order valence-electron chi connectivity index (χ1n) is 5.77. The fourth-order valence-corrected chi connectivity index (χ4v) is 2.74. The summed E-state index contributed by atoms with van der Waals surface area (Å²) >= 11 is 14.0. The number of aromatic nitrogens is 2. The van der Waals surface area contributed by atoms with E-state index in [0.29, 0.717) is 25.0 Å². The van der Waals surface area contributed by atoms with Gasteiger partial charge in [-0.05, 0) is 47.2 Å². The molecule has 0 fully saturated rings. The fourth-order valence-electron chi connectivity index (χ4n) is 1.72. The third-order valence-corrected chi connectivity index (χ3v) is 4.26. The second kappa shape index (κ2) is 6.24. The molecule has 0 aliphatic carbocycles. The van der Waals surface area contributed by atoms with Gasteiger partial charge >= 0.3 is 0 Å². The van der Waals surface area contributed by atoms with E-state index in [2.05, 4.69) is 9.97 Å². The number of nitrogens with one attached hydrogen (secondary N) is 1. The molecule has 100 valence electrons. The van der Waals surface area contributed by atoms with Crippen molar-refractivity contribution in [1.29, 1.82) is 0 Å². The molecule has 19 heavy (non-hydrogen) atoms. The lowest BCUT2D eigenvalue weighted by Crippen LogP contribution is -2.16. The van der Waals surface area contributed by atoms with Crippen LogP contribution in [-0.4, -0.2) is 9.97 Å². The maximum atomic E-state index is 11.9. The summed E-state index contributed by atoms with van der Waals surface area (Å²) < 4.78 is 0.633. The lowest BCUT2D eigenvalue weighted by atomic mass is 10.2. The first-order chi connectivity index (χ1) is 9.02. The molecular formula is C13H11Cl2IN2O. The van der Waals surface area contributed by atoms with Crippen LogP contribution in [0.4, 0.5) is 0 Å². The van der Waals surface area contributed by atoms with Crippen molar-refractivity contribution in [1.82, 2.24) is 9.97 Å². The Morgan fingerprint density at radius 1 is 1.37 bits per heavy atom. The minimum absolute atomic E-state index is 0.139. The summed E-state index contributed by atoms with van der Waals surface area (Å²) in [5.41, 5.74) is 1.34. The van der Waals surface area contributed by atoms with Crippen LogP contribution in [0.1, 0.15) is 19.0 Å². The molecule has 0 saturated carbocycles. The Kier molecular flexibility index (Phi) is 4.86.